The number of rotatable bonds is 4. The zero-order valence-corrected chi connectivity index (χ0v) is 9.72. The molecule has 0 unspecified atom stereocenters. The Hall–Kier alpha value is -1.61. The Morgan fingerprint density at radius 2 is 1.94 bits per heavy atom. The summed E-state index contributed by atoms with van der Waals surface area (Å²) in [5.41, 5.74) is 2.29. The third-order valence-electron chi connectivity index (χ3n) is 2.41. The first-order chi connectivity index (χ1) is 7.77. The van der Waals surface area contributed by atoms with Crippen molar-refractivity contribution in [3.05, 3.63) is 48.3 Å². The number of aromatic nitrogens is 2. The predicted molar refractivity (Wildman–Crippen MR) is 65.5 cm³/mol. The second kappa shape index (κ2) is 4.94. The fraction of sp³-hybridized carbons (Fsp3) is 0.308. The molecule has 0 radical (unpaired) electrons. The molecule has 3 nitrogen and oxygen atoms in total. The fourth-order valence-corrected chi connectivity index (χ4v) is 1.57. The SMILES string of the molecule is CC(C)NCc1ccnn1-c1ccccc1. The lowest BCUT2D eigenvalue weighted by molar-refractivity contribution is 0.571. The van der Waals surface area contributed by atoms with Crippen LogP contribution in [0.4, 0.5) is 0 Å². The van der Waals surface area contributed by atoms with E-state index in [1.807, 2.05) is 35.1 Å². The second-order valence-electron chi connectivity index (χ2n) is 4.11. The summed E-state index contributed by atoms with van der Waals surface area (Å²) in [7, 11) is 0. The van der Waals surface area contributed by atoms with E-state index in [0.717, 1.165) is 12.2 Å². The number of hydrogen-bond acceptors (Lipinski definition) is 2. The molecule has 16 heavy (non-hydrogen) atoms. The molecular formula is C13H17N3. The van der Waals surface area contributed by atoms with Gasteiger partial charge >= 0.3 is 0 Å². The highest BCUT2D eigenvalue weighted by Gasteiger charge is 2.04. The minimum absolute atomic E-state index is 0.485. The van der Waals surface area contributed by atoms with E-state index in [0.29, 0.717) is 6.04 Å². The third-order valence-corrected chi connectivity index (χ3v) is 2.41. The molecule has 2 rings (SSSR count). The van der Waals surface area contributed by atoms with Crippen molar-refractivity contribution < 1.29 is 0 Å². The van der Waals surface area contributed by atoms with Crippen molar-refractivity contribution in [2.45, 2.75) is 26.4 Å². The van der Waals surface area contributed by atoms with E-state index >= 15 is 0 Å². The highest BCUT2D eigenvalue weighted by Crippen LogP contribution is 2.09. The van der Waals surface area contributed by atoms with Crippen LogP contribution in [0, 0.1) is 0 Å². The molecule has 1 N–H and O–H groups in total. The van der Waals surface area contributed by atoms with Gasteiger partial charge in [-0.2, -0.15) is 5.10 Å². The van der Waals surface area contributed by atoms with E-state index in [4.69, 9.17) is 0 Å². The lowest BCUT2D eigenvalue weighted by Gasteiger charge is -2.10. The summed E-state index contributed by atoms with van der Waals surface area (Å²) in [6, 6.07) is 12.7. The van der Waals surface area contributed by atoms with Gasteiger partial charge in [0.1, 0.15) is 0 Å². The van der Waals surface area contributed by atoms with Gasteiger partial charge < -0.3 is 5.32 Å². The lowest BCUT2D eigenvalue weighted by atomic mass is 10.3. The van der Waals surface area contributed by atoms with Gasteiger partial charge in [-0.25, -0.2) is 4.68 Å². The van der Waals surface area contributed by atoms with Crippen LogP contribution < -0.4 is 5.32 Å². The van der Waals surface area contributed by atoms with Gasteiger partial charge in [0.15, 0.2) is 0 Å². The van der Waals surface area contributed by atoms with E-state index in [9.17, 15) is 0 Å². The van der Waals surface area contributed by atoms with Gasteiger partial charge in [0.05, 0.1) is 11.4 Å². The molecule has 0 saturated carbocycles. The monoisotopic (exact) mass is 215 g/mol. The maximum absolute atomic E-state index is 4.34. The van der Waals surface area contributed by atoms with Crippen molar-refractivity contribution in [3.8, 4) is 5.69 Å². The van der Waals surface area contributed by atoms with Gasteiger partial charge in [-0.15, -0.1) is 0 Å². The maximum Gasteiger partial charge on any atom is 0.0649 e. The largest absolute Gasteiger partial charge is 0.309 e. The zero-order chi connectivity index (χ0) is 11.4. The molecule has 0 fully saturated rings. The number of nitrogens with zero attached hydrogens (tertiary/aromatic N) is 2. The zero-order valence-electron chi connectivity index (χ0n) is 9.72. The molecule has 0 bridgehead atoms. The highest BCUT2D eigenvalue weighted by molar-refractivity contribution is 5.32. The Morgan fingerprint density at radius 3 is 2.62 bits per heavy atom. The van der Waals surface area contributed by atoms with Crippen LogP contribution in [0.3, 0.4) is 0 Å². The molecule has 0 aliphatic carbocycles. The van der Waals surface area contributed by atoms with Crippen LogP contribution in [0.2, 0.25) is 0 Å². The van der Waals surface area contributed by atoms with Gasteiger partial charge in [-0.05, 0) is 18.2 Å². The molecule has 84 valence electrons. The van der Waals surface area contributed by atoms with Gasteiger partial charge in [0, 0.05) is 18.8 Å². The van der Waals surface area contributed by atoms with E-state index in [1.165, 1.54) is 5.69 Å². The van der Waals surface area contributed by atoms with Gasteiger partial charge in [0.25, 0.3) is 0 Å². The normalized spacial score (nSPS) is 10.9. The molecule has 0 atom stereocenters. The van der Waals surface area contributed by atoms with Crippen LogP contribution in [0.1, 0.15) is 19.5 Å². The Labute approximate surface area is 96.1 Å². The minimum atomic E-state index is 0.485. The average Bonchev–Trinajstić information content (AvgIpc) is 2.75. The summed E-state index contributed by atoms with van der Waals surface area (Å²) < 4.78 is 1.97. The van der Waals surface area contributed by atoms with Gasteiger partial charge in [-0.3, -0.25) is 0 Å². The van der Waals surface area contributed by atoms with Crippen molar-refractivity contribution in [2.24, 2.45) is 0 Å². The predicted octanol–water partition coefficient (Wildman–Crippen LogP) is 2.37. The van der Waals surface area contributed by atoms with Crippen molar-refractivity contribution in [2.75, 3.05) is 0 Å². The first kappa shape index (κ1) is 10.9. The topological polar surface area (TPSA) is 29.9 Å². The lowest BCUT2D eigenvalue weighted by Crippen LogP contribution is -2.23. The summed E-state index contributed by atoms with van der Waals surface area (Å²) in [6.07, 6.45) is 1.84. The summed E-state index contributed by atoms with van der Waals surface area (Å²) in [4.78, 5) is 0. The molecule has 3 heteroatoms. The van der Waals surface area contributed by atoms with Crippen LogP contribution in [0.15, 0.2) is 42.6 Å². The smallest absolute Gasteiger partial charge is 0.0649 e. The number of para-hydroxylation sites is 1. The van der Waals surface area contributed by atoms with Crippen molar-refractivity contribution in [1.82, 2.24) is 15.1 Å². The Morgan fingerprint density at radius 1 is 1.19 bits per heavy atom. The summed E-state index contributed by atoms with van der Waals surface area (Å²) in [6.45, 7) is 5.12. The molecule has 0 spiro atoms. The average molecular weight is 215 g/mol. The van der Waals surface area contributed by atoms with E-state index in [2.05, 4.69) is 36.4 Å². The fourth-order valence-electron chi connectivity index (χ4n) is 1.57. The summed E-state index contributed by atoms with van der Waals surface area (Å²) in [5.74, 6) is 0. The first-order valence-electron chi connectivity index (χ1n) is 5.59. The van der Waals surface area contributed by atoms with Crippen LogP contribution in [0.25, 0.3) is 5.69 Å². The standard InChI is InChI=1S/C13H17N3/c1-11(2)14-10-13-8-9-15-16(13)12-6-4-3-5-7-12/h3-9,11,14H,10H2,1-2H3. The molecule has 0 amide bonds. The second-order valence-corrected chi connectivity index (χ2v) is 4.11. The van der Waals surface area contributed by atoms with Crippen LogP contribution in [-0.2, 0) is 6.54 Å². The third kappa shape index (κ3) is 2.49. The molecule has 2 aromatic rings. The van der Waals surface area contributed by atoms with Crippen molar-refractivity contribution in [3.63, 3.8) is 0 Å². The van der Waals surface area contributed by atoms with Crippen molar-refractivity contribution in [1.29, 1.82) is 0 Å². The number of nitrogens with one attached hydrogen (secondary N) is 1. The van der Waals surface area contributed by atoms with Crippen LogP contribution in [-0.4, -0.2) is 15.8 Å². The van der Waals surface area contributed by atoms with Crippen LogP contribution >= 0.6 is 0 Å². The molecule has 1 aromatic carbocycles. The maximum atomic E-state index is 4.34. The Kier molecular flexibility index (Phi) is 3.37. The summed E-state index contributed by atoms with van der Waals surface area (Å²) in [5, 5.41) is 7.74. The van der Waals surface area contributed by atoms with E-state index in [-0.39, 0.29) is 0 Å². The Bertz CT molecular complexity index is 431. The highest BCUT2D eigenvalue weighted by atomic mass is 15.3. The number of benzene rings is 1. The molecule has 0 aliphatic heterocycles. The molecule has 1 aromatic heterocycles. The first-order valence-corrected chi connectivity index (χ1v) is 5.59. The molecule has 0 aliphatic rings. The van der Waals surface area contributed by atoms with Crippen LogP contribution in [0.5, 0.6) is 0 Å². The van der Waals surface area contributed by atoms with E-state index < -0.39 is 0 Å². The van der Waals surface area contributed by atoms with E-state index in [1.54, 1.807) is 0 Å². The number of hydrogen-bond donors (Lipinski definition) is 1. The molecule has 1 heterocycles. The molecule has 0 saturated heterocycles. The Balaban J connectivity index is 2.19. The van der Waals surface area contributed by atoms with Gasteiger partial charge in [0.2, 0.25) is 0 Å². The summed E-state index contributed by atoms with van der Waals surface area (Å²) >= 11 is 0. The van der Waals surface area contributed by atoms with Gasteiger partial charge in [-0.1, -0.05) is 32.0 Å². The van der Waals surface area contributed by atoms with Crippen molar-refractivity contribution >= 4 is 0 Å². The minimum Gasteiger partial charge on any atom is -0.309 e. The quantitative estimate of drug-likeness (QED) is 0.848. The molecular weight excluding hydrogens is 198 g/mol.